The minimum absolute atomic E-state index is 0.112. The molecule has 7 heteroatoms. The van der Waals surface area contributed by atoms with E-state index in [4.69, 9.17) is 4.42 Å². The zero-order valence-corrected chi connectivity index (χ0v) is 13.8. The zero-order valence-electron chi connectivity index (χ0n) is 13.0. The van der Waals surface area contributed by atoms with E-state index in [0.29, 0.717) is 12.4 Å². The number of carbonyl (C=O) groups excluding carboxylic acids is 1. The smallest absolute Gasteiger partial charge is 0.242 e. The molecule has 3 aromatic rings. The molecule has 0 aliphatic heterocycles. The number of fused-ring (bicyclic) bond motifs is 1. The number of aryl methyl sites for hydroxylation is 1. The third-order valence-electron chi connectivity index (χ3n) is 3.49. The minimum Gasteiger partial charge on any atom is -0.467 e. The molecule has 0 spiro atoms. The van der Waals surface area contributed by atoms with Gasteiger partial charge in [0.1, 0.15) is 28.8 Å². The SMILES string of the molecule is CCc1cc2c(NC(C)C(=O)NCc3ccco3)ncnc2s1. The Morgan fingerprint density at radius 3 is 3.04 bits per heavy atom. The Hall–Kier alpha value is -2.41. The van der Waals surface area contributed by atoms with Crippen molar-refractivity contribution in [1.29, 1.82) is 0 Å². The lowest BCUT2D eigenvalue weighted by Crippen LogP contribution is -2.37. The average molecular weight is 330 g/mol. The fourth-order valence-corrected chi connectivity index (χ4v) is 3.14. The maximum Gasteiger partial charge on any atom is 0.242 e. The molecule has 0 aromatic carbocycles. The first-order valence-corrected chi connectivity index (χ1v) is 8.29. The molecular weight excluding hydrogens is 312 g/mol. The maximum atomic E-state index is 12.2. The van der Waals surface area contributed by atoms with Crippen molar-refractivity contribution in [3.8, 4) is 0 Å². The highest BCUT2D eigenvalue weighted by atomic mass is 32.1. The summed E-state index contributed by atoms with van der Waals surface area (Å²) in [6.07, 6.45) is 4.07. The third-order valence-corrected chi connectivity index (χ3v) is 4.68. The summed E-state index contributed by atoms with van der Waals surface area (Å²) < 4.78 is 5.20. The molecule has 0 saturated heterocycles. The highest BCUT2D eigenvalue weighted by Gasteiger charge is 2.16. The van der Waals surface area contributed by atoms with Gasteiger partial charge in [0.05, 0.1) is 18.2 Å². The first-order chi connectivity index (χ1) is 11.2. The quantitative estimate of drug-likeness (QED) is 0.726. The number of hydrogen-bond donors (Lipinski definition) is 2. The van der Waals surface area contributed by atoms with Gasteiger partial charge >= 0.3 is 0 Å². The number of hydrogen-bond acceptors (Lipinski definition) is 6. The van der Waals surface area contributed by atoms with Gasteiger partial charge in [0.25, 0.3) is 0 Å². The molecule has 1 amide bonds. The lowest BCUT2D eigenvalue weighted by molar-refractivity contribution is -0.121. The van der Waals surface area contributed by atoms with Crippen molar-refractivity contribution in [1.82, 2.24) is 15.3 Å². The number of nitrogens with zero attached hydrogens (tertiary/aromatic N) is 2. The van der Waals surface area contributed by atoms with Crippen LogP contribution < -0.4 is 10.6 Å². The number of thiophene rings is 1. The molecule has 1 unspecified atom stereocenters. The molecule has 3 heterocycles. The zero-order chi connectivity index (χ0) is 16.2. The number of amides is 1. The molecule has 1 atom stereocenters. The van der Waals surface area contributed by atoms with Crippen LogP contribution >= 0.6 is 11.3 Å². The van der Waals surface area contributed by atoms with E-state index in [1.165, 1.54) is 11.2 Å². The molecule has 3 aromatic heterocycles. The lowest BCUT2D eigenvalue weighted by atomic mass is 10.2. The summed E-state index contributed by atoms with van der Waals surface area (Å²) in [5.74, 6) is 1.30. The molecule has 2 N–H and O–H groups in total. The summed E-state index contributed by atoms with van der Waals surface area (Å²) in [7, 11) is 0. The Balaban J connectivity index is 1.68. The average Bonchev–Trinajstić information content (AvgIpc) is 3.21. The summed E-state index contributed by atoms with van der Waals surface area (Å²) in [5, 5.41) is 6.96. The van der Waals surface area contributed by atoms with E-state index >= 15 is 0 Å². The van der Waals surface area contributed by atoms with Gasteiger partial charge in [0.15, 0.2) is 0 Å². The molecule has 6 nitrogen and oxygen atoms in total. The van der Waals surface area contributed by atoms with E-state index in [-0.39, 0.29) is 5.91 Å². The molecule has 23 heavy (non-hydrogen) atoms. The number of anilines is 1. The second-order valence-electron chi connectivity index (χ2n) is 5.17. The van der Waals surface area contributed by atoms with Crippen molar-refractivity contribution >= 4 is 33.3 Å². The van der Waals surface area contributed by atoms with Crippen LogP contribution in [0.4, 0.5) is 5.82 Å². The van der Waals surface area contributed by atoms with E-state index in [9.17, 15) is 4.79 Å². The van der Waals surface area contributed by atoms with E-state index in [1.54, 1.807) is 30.6 Å². The number of aromatic nitrogens is 2. The van der Waals surface area contributed by atoms with Gasteiger partial charge in [0.2, 0.25) is 5.91 Å². The Morgan fingerprint density at radius 1 is 1.43 bits per heavy atom. The van der Waals surface area contributed by atoms with Crippen LogP contribution in [0.3, 0.4) is 0 Å². The number of rotatable bonds is 6. The van der Waals surface area contributed by atoms with Crippen LogP contribution in [0.2, 0.25) is 0 Å². The Kier molecular flexibility index (Phi) is 4.57. The molecule has 0 bridgehead atoms. The lowest BCUT2D eigenvalue weighted by Gasteiger charge is -2.14. The molecule has 0 fully saturated rings. The van der Waals surface area contributed by atoms with Crippen LogP contribution in [-0.2, 0) is 17.8 Å². The summed E-state index contributed by atoms with van der Waals surface area (Å²) in [4.78, 5) is 22.9. The first-order valence-electron chi connectivity index (χ1n) is 7.47. The number of carbonyl (C=O) groups is 1. The van der Waals surface area contributed by atoms with Gasteiger partial charge in [0, 0.05) is 4.88 Å². The third kappa shape index (κ3) is 3.50. The summed E-state index contributed by atoms with van der Waals surface area (Å²) in [6.45, 7) is 4.28. The predicted octanol–water partition coefficient (Wildman–Crippen LogP) is 2.96. The Morgan fingerprint density at radius 2 is 2.30 bits per heavy atom. The molecule has 0 radical (unpaired) electrons. The van der Waals surface area contributed by atoms with Crippen molar-refractivity contribution in [2.24, 2.45) is 0 Å². The fraction of sp³-hybridized carbons (Fsp3) is 0.312. The van der Waals surface area contributed by atoms with Crippen LogP contribution in [0.15, 0.2) is 35.2 Å². The van der Waals surface area contributed by atoms with Gasteiger partial charge in [-0.2, -0.15) is 0 Å². The number of furan rings is 1. The van der Waals surface area contributed by atoms with Crippen molar-refractivity contribution < 1.29 is 9.21 Å². The minimum atomic E-state index is -0.409. The van der Waals surface area contributed by atoms with Crippen LogP contribution in [0.5, 0.6) is 0 Å². The van der Waals surface area contributed by atoms with Crippen LogP contribution in [0.25, 0.3) is 10.2 Å². The van der Waals surface area contributed by atoms with E-state index in [1.807, 2.05) is 6.07 Å². The van der Waals surface area contributed by atoms with Crippen molar-refractivity contribution in [2.45, 2.75) is 32.9 Å². The van der Waals surface area contributed by atoms with Gasteiger partial charge in [-0.3, -0.25) is 4.79 Å². The summed E-state index contributed by atoms with van der Waals surface area (Å²) in [5.41, 5.74) is 0. The second kappa shape index (κ2) is 6.78. The van der Waals surface area contributed by atoms with E-state index in [0.717, 1.165) is 22.4 Å². The Bertz CT molecular complexity index is 798. The maximum absolute atomic E-state index is 12.2. The van der Waals surface area contributed by atoms with Crippen molar-refractivity contribution in [2.75, 3.05) is 5.32 Å². The molecule has 0 aliphatic carbocycles. The van der Waals surface area contributed by atoms with Crippen LogP contribution in [0, 0.1) is 0 Å². The first kappa shape index (κ1) is 15.5. The highest BCUT2D eigenvalue weighted by molar-refractivity contribution is 7.18. The number of nitrogens with one attached hydrogen (secondary N) is 2. The van der Waals surface area contributed by atoms with Crippen molar-refractivity contribution in [3.63, 3.8) is 0 Å². The topological polar surface area (TPSA) is 80.0 Å². The van der Waals surface area contributed by atoms with Gasteiger partial charge in [-0.1, -0.05) is 6.92 Å². The van der Waals surface area contributed by atoms with E-state index < -0.39 is 6.04 Å². The summed E-state index contributed by atoms with van der Waals surface area (Å²) >= 11 is 1.65. The van der Waals surface area contributed by atoms with Gasteiger partial charge in [-0.05, 0) is 31.5 Å². The normalized spacial score (nSPS) is 12.3. The monoisotopic (exact) mass is 330 g/mol. The molecule has 0 saturated carbocycles. The molecule has 0 aliphatic rings. The van der Waals surface area contributed by atoms with Gasteiger partial charge in [-0.25, -0.2) is 9.97 Å². The standard InChI is InChI=1S/C16H18N4O2S/c1-3-12-7-13-14(18-9-19-16(13)23-12)20-10(2)15(21)17-8-11-5-4-6-22-11/h4-7,9-10H,3,8H2,1-2H3,(H,17,21)(H,18,19,20). The van der Waals surface area contributed by atoms with Crippen LogP contribution in [0.1, 0.15) is 24.5 Å². The van der Waals surface area contributed by atoms with Gasteiger partial charge in [-0.15, -0.1) is 11.3 Å². The highest BCUT2D eigenvalue weighted by Crippen LogP contribution is 2.28. The predicted molar refractivity (Wildman–Crippen MR) is 90.4 cm³/mol. The van der Waals surface area contributed by atoms with Crippen LogP contribution in [-0.4, -0.2) is 21.9 Å². The molecular formula is C16H18N4O2S. The van der Waals surface area contributed by atoms with Crippen molar-refractivity contribution in [3.05, 3.63) is 41.4 Å². The molecule has 3 rings (SSSR count). The molecule has 120 valence electrons. The summed E-state index contributed by atoms with van der Waals surface area (Å²) in [6, 6.07) is 5.29. The van der Waals surface area contributed by atoms with E-state index in [2.05, 4.69) is 33.6 Å². The Labute approximate surface area is 137 Å². The fourth-order valence-electron chi connectivity index (χ4n) is 2.21. The van der Waals surface area contributed by atoms with Gasteiger partial charge < -0.3 is 15.1 Å². The largest absolute Gasteiger partial charge is 0.467 e. The second-order valence-corrected chi connectivity index (χ2v) is 6.29.